The fourth-order valence-electron chi connectivity index (χ4n) is 1.98. The van der Waals surface area contributed by atoms with Crippen LogP contribution in [0, 0.1) is 0 Å². The Balaban J connectivity index is 2.38. The molecule has 0 spiro atoms. The highest BCUT2D eigenvalue weighted by Crippen LogP contribution is 2.12. The van der Waals surface area contributed by atoms with Crippen LogP contribution in [0.25, 0.3) is 0 Å². The molecule has 1 heterocycles. The Morgan fingerprint density at radius 2 is 1.94 bits per heavy atom. The number of likely N-dealkylation sites (tertiary alicyclic amines) is 1. The van der Waals surface area contributed by atoms with E-state index in [4.69, 9.17) is 4.74 Å². The normalized spacial score (nSPS) is 17.8. The molecular formula is C11H22N2O4S. The number of hydrogen-bond acceptors (Lipinski definition) is 4. The minimum absolute atomic E-state index is 0.0628. The summed E-state index contributed by atoms with van der Waals surface area (Å²) in [5.41, 5.74) is 0. The quantitative estimate of drug-likeness (QED) is 0.812. The van der Waals surface area contributed by atoms with E-state index in [9.17, 15) is 13.2 Å². The summed E-state index contributed by atoms with van der Waals surface area (Å²) in [6, 6.07) is -0.0628. The molecule has 1 saturated heterocycles. The number of ether oxygens (including phenoxy) is 1. The van der Waals surface area contributed by atoms with E-state index in [1.54, 1.807) is 11.8 Å². The molecule has 1 rings (SSSR count). The van der Waals surface area contributed by atoms with Crippen LogP contribution < -0.4 is 4.72 Å². The predicted octanol–water partition coefficient (Wildman–Crippen LogP) is 0.937. The van der Waals surface area contributed by atoms with Crippen LogP contribution in [-0.4, -0.2) is 50.9 Å². The van der Waals surface area contributed by atoms with Crippen molar-refractivity contribution in [2.24, 2.45) is 0 Å². The fraction of sp³-hybridized carbons (Fsp3) is 0.909. The molecule has 0 atom stereocenters. The zero-order valence-electron chi connectivity index (χ0n) is 11.0. The Kier molecular flexibility index (Phi) is 5.87. The summed E-state index contributed by atoms with van der Waals surface area (Å²) < 4.78 is 30.8. The summed E-state index contributed by atoms with van der Waals surface area (Å²) in [5.74, 6) is 0.158. The molecule has 0 unspecified atom stereocenters. The summed E-state index contributed by atoms with van der Waals surface area (Å²) in [6.45, 7) is 5.05. The Labute approximate surface area is 109 Å². The first kappa shape index (κ1) is 15.2. The maximum absolute atomic E-state index is 11.6. The van der Waals surface area contributed by atoms with Crippen LogP contribution in [0.1, 0.15) is 33.1 Å². The molecule has 106 valence electrons. The van der Waals surface area contributed by atoms with Gasteiger partial charge in [0.25, 0.3) is 0 Å². The van der Waals surface area contributed by atoms with Gasteiger partial charge in [-0.1, -0.05) is 6.92 Å². The SMILES string of the molecule is CCCS(=O)(=O)NC1CCN(C(=O)OCC)CC1. The summed E-state index contributed by atoms with van der Waals surface area (Å²) in [5, 5.41) is 0. The zero-order chi connectivity index (χ0) is 13.6. The van der Waals surface area contributed by atoms with E-state index in [2.05, 4.69) is 4.72 Å². The molecule has 18 heavy (non-hydrogen) atoms. The second kappa shape index (κ2) is 6.94. The van der Waals surface area contributed by atoms with Crippen molar-refractivity contribution in [3.8, 4) is 0 Å². The monoisotopic (exact) mass is 278 g/mol. The molecule has 1 amide bonds. The first-order chi connectivity index (χ1) is 8.48. The van der Waals surface area contributed by atoms with Crippen LogP contribution in [0.3, 0.4) is 0 Å². The molecule has 0 saturated carbocycles. The first-order valence-corrected chi connectivity index (χ1v) is 8.05. The Morgan fingerprint density at radius 3 is 2.44 bits per heavy atom. The second-order valence-corrected chi connectivity index (χ2v) is 6.27. The number of rotatable bonds is 5. The van der Waals surface area contributed by atoms with Crippen LogP contribution >= 0.6 is 0 Å². The van der Waals surface area contributed by atoms with Gasteiger partial charge < -0.3 is 9.64 Å². The van der Waals surface area contributed by atoms with Gasteiger partial charge in [-0.25, -0.2) is 17.9 Å². The van der Waals surface area contributed by atoms with Gasteiger partial charge in [0, 0.05) is 19.1 Å². The second-order valence-electron chi connectivity index (χ2n) is 4.40. The molecule has 0 aromatic rings. The van der Waals surface area contributed by atoms with Crippen molar-refractivity contribution < 1.29 is 17.9 Å². The summed E-state index contributed by atoms with van der Waals surface area (Å²) >= 11 is 0. The molecule has 1 aliphatic rings. The number of carbonyl (C=O) groups is 1. The highest BCUT2D eigenvalue weighted by atomic mass is 32.2. The van der Waals surface area contributed by atoms with Gasteiger partial charge in [-0.05, 0) is 26.2 Å². The molecule has 6 nitrogen and oxygen atoms in total. The Morgan fingerprint density at radius 1 is 1.33 bits per heavy atom. The van der Waals surface area contributed by atoms with Crippen molar-refractivity contribution in [3.05, 3.63) is 0 Å². The lowest BCUT2D eigenvalue weighted by Gasteiger charge is -2.31. The maximum atomic E-state index is 11.6. The Hall–Kier alpha value is -0.820. The number of nitrogens with zero attached hydrogens (tertiary/aromatic N) is 1. The number of hydrogen-bond donors (Lipinski definition) is 1. The largest absolute Gasteiger partial charge is 0.450 e. The third kappa shape index (κ3) is 4.81. The number of piperidine rings is 1. The fourth-order valence-corrected chi connectivity index (χ4v) is 3.38. The molecule has 1 N–H and O–H groups in total. The van der Waals surface area contributed by atoms with Gasteiger partial charge >= 0.3 is 6.09 Å². The first-order valence-electron chi connectivity index (χ1n) is 6.40. The molecule has 0 radical (unpaired) electrons. The summed E-state index contributed by atoms with van der Waals surface area (Å²) in [7, 11) is -3.16. The molecule has 1 aliphatic heterocycles. The van der Waals surface area contributed by atoms with Crippen LogP contribution in [-0.2, 0) is 14.8 Å². The summed E-state index contributed by atoms with van der Waals surface area (Å²) in [4.78, 5) is 13.1. The number of amides is 1. The molecule has 0 aliphatic carbocycles. The molecule has 1 fully saturated rings. The molecule has 0 bridgehead atoms. The minimum atomic E-state index is -3.16. The van der Waals surface area contributed by atoms with E-state index < -0.39 is 10.0 Å². The summed E-state index contributed by atoms with van der Waals surface area (Å²) in [6.07, 6.45) is 1.58. The average Bonchev–Trinajstić information content (AvgIpc) is 2.29. The maximum Gasteiger partial charge on any atom is 0.409 e. The smallest absolute Gasteiger partial charge is 0.409 e. The van der Waals surface area contributed by atoms with Gasteiger partial charge in [0.15, 0.2) is 0 Å². The lowest BCUT2D eigenvalue weighted by Crippen LogP contribution is -2.47. The van der Waals surface area contributed by atoms with Gasteiger partial charge in [-0.3, -0.25) is 0 Å². The van der Waals surface area contributed by atoms with Crippen LogP contribution in [0.4, 0.5) is 4.79 Å². The predicted molar refractivity (Wildman–Crippen MR) is 68.8 cm³/mol. The van der Waals surface area contributed by atoms with Gasteiger partial charge in [0.1, 0.15) is 0 Å². The van der Waals surface area contributed by atoms with E-state index in [0.717, 1.165) is 0 Å². The molecule has 7 heteroatoms. The highest BCUT2D eigenvalue weighted by molar-refractivity contribution is 7.89. The number of sulfonamides is 1. The molecular weight excluding hydrogens is 256 g/mol. The van der Waals surface area contributed by atoms with E-state index in [0.29, 0.717) is 39.0 Å². The third-order valence-electron chi connectivity index (χ3n) is 2.84. The van der Waals surface area contributed by atoms with Gasteiger partial charge in [0.2, 0.25) is 10.0 Å². The van der Waals surface area contributed by atoms with Crippen LogP contribution in [0.15, 0.2) is 0 Å². The van der Waals surface area contributed by atoms with Crippen molar-refractivity contribution in [1.29, 1.82) is 0 Å². The lowest BCUT2D eigenvalue weighted by molar-refractivity contribution is 0.0966. The molecule has 0 aromatic heterocycles. The number of nitrogens with one attached hydrogen (secondary N) is 1. The van der Waals surface area contributed by atoms with Crippen molar-refractivity contribution in [2.75, 3.05) is 25.4 Å². The minimum Gasteiger partial charge on any atom is -0.450 e. The van der Waals surface area contributed by atoms with E-state index >= 15 is 0 Å². The standard InChI is InChI=1S/C11H22N2O4S/c1-3-9-18(15,16)12-10-5-7-13(8-6-10)11(14)17-4-2/h10,12H,3-9H2,1-2H3. The Bertz CT molecular complexity index is 361. The van der Waals surface area contributed by atoms with E-state index in [-0.39, 0.29) is 17.9 Å². The average molecular weight is 278 g/mol. The van der Waals surface area contributed by atoms with Crippen molar-refractivity contribution in [2.45, 2.75) is 39.2 Å². The molecule has 0 aromatic carbocycles. The van der Waals surface area contributed by atoms with E-state index in [1.807, 2.05) is 6.92 Å². The van der Waals surface area contributed by atoms with Gasteiger partial charge in [-0.2, -0.15) is 0 Å². The van der Waals surface area contributed by atoms with Crippen molar-refractivity contribution in [3.63, 3.8) is 0 Å². The highest BCUT2D eigenvalue weighted by Gasteiger charge is 2.25. The van der Waals surface area contributed by atoms with E-state index in [1.165, 1.54) is 0 Å². The van der Waals surface area contributed by atoms with Crippen LogP contribution in [0.5, 0.6) is 0 Å². The topological polar surface area (TPSA) is 75.7 Å². The van der Waals surface area contributed by atoms with Crippen LogP contribution in [0.2, 0.25) is 0 Å². The number of carbonyl (C=O) groups excluding carboxylic acids is 1. The zero-order valence-corrected chi connectivity index (χ0v) is 11.8. The van der Waals surface area contributed by atoms with Crippen molar-refractivity contribution >= 4 is 16.1 Å². The van der Waals surface area contributed by atoms with Gasteiger partial charge in [0.05, 0.1) is 12.4 Å². The lowest BCUT2D eigenvalue weighted by atomic mass is 10.1. The van der Waals surface area contributed by atoms with Crippen molar-refractivity contribution in [1.82, 2.24) is 9.62 Å². The third-order valence-corrected chi connectivity index (χ3v) is 4.48. The van der Waals surface area contributed by atoms with Gasteiger partial charge in [-0.15, -0.1) is 0 Å².